The zero-order chi connectivity index (χ0) is 23.6. The minimum atomic E-state index is -0.698. The topological polar surface area (TPSA) is 61.6 Å². The molecule has 0 atom stereocenters. The van der Waals surface area contributed by atoms with Crippen LogP contribution in [-0.4, -0.2) is 53.0 Å². The van der Waals surface area contributed by atoms with Crippen LogP contribution in [-0.2, 0) is 22.3 Å². The van der Waals surface area contributed by atoms with Gasteiger partial charge in [-0.25, -0.2) is 9.67 Å². The first-order chi connectivity index (χ1) is 15.6. The third-order valence-corrected chi connectivity index (χ3v) is 7.07. The molecule has 0 bridgehead atoms. The van der Waals surface area contributed by atoms with Gasteiger partial charge in [0.15, 0.2) is 5.79 Å². The third kappa shape index (κ3) is 3.42. The normalized spacial score (nSPS) is 19.6. The Bertz CT molecular complexity index is 1180. The first kappa shape index (κ1) is 21.9. The highest BCUT2D eigenvalue weighted by Gasteiger charge is 2.60. The number of nitrogens with zero attached hydrogens (tertiary/aromatic N) is 4. The molecule has 1 fully saturated rings. The van der Waals surface area contributed by atoms with Crippen molar-refractivity contribution in [2.75, 3.05) is 26.1 Å². The number of benzene rings is 1. The summed E-state index contributed by atoms with van der Waals surface area (Å²) < 4.78 is 20.8. The van der Waals surface area contributed by atoms with Crippen LogP contribution in [0.1, 0.15) is 39.0 Å². The molecule has 0 saturated carbocycles. The second kappa shape index (κ2) is 7.30. The second-order valence-electron chi connectivity index (χ2n) is 10.1. The smallest absolute Gasteiger partial charge is 0.179 e. The summed E-state index contributed by atoms with van der Waals surface area (Å²) in [5, 5.41) is 5.06. The van der Waals surface area contributed by atoms with Gasteiger partial charge < -0.3 is 19.1 Å². The molecule has 0 radical (unpaired) electrons. The van der Waals surface area contributed by atoms with E-state index in [1.807, 2.05) is 60.2 Å². The molecule has 0 unspecified atom stereocenters. The molecule has 2 aliphatic rings. The maximum absolute atomic E-state index is 6.57. The van der Waals surface area contributed by atoms with E-state index in [1.165, 1.54) is 0 Å². The molecule has 0 amide bonds. The largest absolute Gasteiger partial charge is 0.494 e. The third-order valence-electron chi connectivity index (χ3n) is 7.07. The van der Waals surface area contributed by atoms with Gasteiger partial charge in [-0.05, 0) is 52.0 Å². The Morgan fingerprint density at radius 3 is 2.27 bits per heavy atom. The van der Waals surface area contributed by atoms with Crippen molar-refractivity contribution in [1.29, 1.82) is 0 Å². The highest BCUT2D eigenvalue weighted by molar-refractivity contribution is 5.70. The van der Waals surface area contributed by atoms with Gasteiger partial charge in [0.25, 0.3) is 0 Å². The van der Waals surface area contributed by atoms with Crippen molar-refractivity contribution in [3.8, 4) is 22.7 Å². The van der Waals surface area contributed by atoms with Crippen LogP contribution in [0, 0.1) is 0 Å². The molecular weight excluding hydrogens is 416 g/mol. The molecule has 3 aromatic rings. The van der Waals surface area contributed by atoms with Crippen molar-refractivity contribution < 1.29 is 14.2 Å². The molecular formula is C26H32N4O3. The number of hydrogen-bond acceptors (Lipinski definition) is 6. The zero-order valence-electron chi connectivity index (χ0n) is 20.5. The quantitative estimate of drug-likeness (QED) is 0.589. The lowest BCUT2D eigenvalue weighted by molar-refractivity contribution is -0.183. The summed E-state index contributed by atoms with van der Waals surface area (Å²) in [6.45, 7) is 8.38. The average molecular weight is 449 g/mol. The average Bonchev–Trinajstić information content (AvgIpc) is 3.32. The molecule has 3 heterocycles. The van der Waals surface area contributed by atoms with E-state index >= 15 is 0 Å². The van der Waals surface area contributed by atoms with E-state index in [-0.39, 0.29) is 0 Å². The van der Waals surface area contributed by atoms with Gasteiger partial charge in [0.2, 0.25) is 0 Å². The SMILES string of the molecule is COc1ccccc1-n1nc2c(c1-c1ccc(N(C)C)nc1)CC1(C2)OC(C)(C)C(C)(C)O1. The van der Waals surface area contributed by atoms with Gasteiger partial charge in [-0.15, -0.1) is 0 Å². The fraction of sp³-hybridized carbons (Fsp3) is 0.462. The van der Waals surface area contributed by atoms with Crippen molar-refractivity contribution >= 4 is 5.82 Å². The number of aromatic nitrogens is 3. The second-order valence-corrected chi connectivity index (χ2v) is 10.1. The van der Waals surface area contributed by atoms with E-state index in [4.69, 9.17) is 19.3 Å². The molecule has 174 valence electrons. The van der Waals surface area contributed by atoms with E-state index in [1.54, 1.807) is 7.11 Å². The van der Waals surface area contributed by atoms with Gasteiger partial charge in [0.05, 0.1) is 29.7 Å². The Balaban J connectivity index is 1.65. The molecule has 0 N–H and O–H groups in total. The number of ether oxygens (including phenoxy) is 3. The standard InChI is InChI=1S/C26H32N4O3/c1-24(2)25(3,4)33-26(32-24)14-18-19(15-26)28-30(20-10-8-9-11-21(20)31-7)23(18)17-12-13-22(27-16-17)29(5)6/h8-13,16H,14-15H2,1-7H3. The Kier molecular flexibility index (Phi) is 4.85. The predicted octanol–water partition coefficient (Wildman–Crippen LogP) is 4.41. The van der Waals surface area contributed by atoms with Crippen LogP contribution in [0.15, 0.2) is 42.6 Å². The van der Waals surface area contributed by atoms with E-state index in [0.717, 1.165) is 39.8 Å². The lowest BCUT2D eigenvalue weighted by atomic mass is 9.90. The minimum Gasteiger partial charge on any atom is -0.494 e. The maximum Gasteiger partial charge on any atom is 0.179 e. The molecule has 33 heavy (non-hydrogen) atoms. The van der Waals surface area contributed by atoms with Gasteiger partial charge >= 0.3 is 0 Å². The van der Waals surface area contributed by atoms with Crippen LogP contribution >= 0.6 is 0 Å². The van der Waals surface area contributed by atoms with E-state index in [9.17, 15) is 0 Å². The van der Waals surface area contributed by atoms with Crippen LogP contribution in [0.4, 0.5) is 5.82 Å². The Labute approximate surface area is 195 Å². The summed E-state index contributed by atoms with van der Waals surface area (Å²) in [6.07, 6.45) is 3.15. The number of pyridine rings is 1. The maximum atomic E-state index is 6.57. The number of para-hydroxylation sites is 2. The lowest BCUT2D eigenvalue weighted by Crippen LogP contribution is -2.41. The molecule has 1 aliphatic carbocycles. The van der Waals surface area contributed by atoms with Gasteiger partial charge in [-0.2, -0.15) is 5.10 Å². The molecule has 7 heteroatoms. The molecule has 1 spiro atoms. The van der Waals surface area contributed by atoms with Crippen LogP contribution in [0.3, 0.4) is 0 Å². The summed E-state index contributed by atoms with van der Waals surface area (Å²) in [4.78, 5) is 6.65. The molecule has 5 rings (SSSR count). The Hall–Kier alpha value is -2.90. The summed E-state index contributed by atoms with van der Waals surface area (Å²) in [6, 6.07) is 12.1. The van der Waals surface area contributed by atoms with Gasteiger partial charge in [0.1, 0.15) is 17.3 Å². The Morgan fingerprint density at radius 2 is 1.67 bits per heavy atom. The first-order valence-electron chi connectivity index (χ1n) is 11.3. The molecule has 1 saturated heterocycles. The van der Waals surface area contributed by atoms with Crippen LogP contribution in [0.5, 0.6) is 5.75 Å². The number of fused-ring (bicyclic) bond motifs is 1. The van der Waals surface area contributed by atoms with Crippen molar-refractivity contribution in [2.45, 2.75) is 57.5 Å². The van der Waals surface area contributed by atoms with Gasteiger partial charge in [-0.1, -0.05) is 12.1 Å². The number of anilines is 1. The fourth-order valence-corrected chi connectivity index (χ4v) is 4.82. The van der Waals surface area contributed by atoms with E-state index in [2.05, 4.69) is 38.7 Å². The van der Waals surface area contributed by atoms with Crippen molar-refractivity contribution in [3.05, 3.63) is 53.9 Å². The predicted molar refractivity (Wildman–Crippen MR) is 128 cm³/mol. The Morgan fingerprint density at radius 1 is 0.970 bits per heavy atom. The van der Waals surface area contributed by atoms with Gasteiger partial charge in [0, 0.05) is 44.3 Å². The zero-order valence-corrected chi connectivity index (χ0v) is 20.5. The van der Waals surface area contributed by atoms with E-state index in [0.29, 0.717) is 12.8 Å². The summed E-state index contributed by atoms with van der Waals surface area (Å²) >= 11 is 0. The lowest BCUT2D eigenvalue weighted by Gasteiger charge is -2.30. The van der Waals surface area contributed by atoms with Crippen LogP contribution in [0.25, 0.3) is 16.9 Å². The highest BCUT2D eigenvalue weighted by Crippen LogP contribution is 2.51. The highest BCUT2D eigenvalue weighted by atomic mass is 16.8. The summed E-state index contributed by atoms with van der Waals surface area (Å²) in [5.41, 5.74) is 4.21. The summed E-state index contributed by atoms with van der Waals surface area (Å²) in [7, 11) is 5.66. The fourth-order valence-electron chi connectivity index (χ4n) is 4.82. The first-order valence-corrected chi connectivity index (χ1v) is 11.3. The monoisotopic (exact) mass is 448 g/mol. The number of methoxy groups -OCH3 is 1. The minimum absolute atomic E-state index is 0.399. The molecule has 2 aromatic heterocycles. The van der Waals surface area contributed by atoms with Crippen molar-refractivity contribution in [2.24, 2.45) is 0 Å². The summed E-state index contributed by atoms with van der Waals surface area (Å²) in [5.74, 6) is 0.973. The van der Waals surface area contributed by atoms with E-state index < -0.39 is 17.0 Å². The molecule has 1 aromatic carbocycles. The molecule has 1 aliphatic heterocycles. The number of hydrogen-bond donors (Lipinski definition) is 0. The van der Waals surface area contributed by atoms with Gasteiger partial charge in [-0.3, -0.25) is 0 Å². The number of rotatable bonds is 4. The molecule has 7 nitrogen and oxygen atoms in total. The van der Waals surface area contributed by atoms with Crippen LogP contribution < -0.4 is 9.64 Å². The van der Waals surface area contributed by atoms with Crippen molar-refractivity contribution in [3.63, 3.8) is 0 Å². The van der Waals surface area contributed by atoms with Crippen LogP contribution in [0.2, 0.25) is 0 Å². The van der Waals surface area contributed by atoms with Crippen molar-refractivity contribution in [1.82, 2.24) is 14.8 Å².